The van der Waals surface area contributed by atoms with Gasteiger partial charge in [0, 0.05) is 12.1 Å². The lowest BCUT2D eigenvalue weighted by molar-refractivity contribution is -0.384. The number of esters is 1. The molecule has 0 radical (unpaired) electrons. The Morgan fingerprint density at radius 2 is 1.89 bits per heavy atom. The summed E-state index contributed by atoms with van der Waals surface area (Å²) in [7, 11) is 0. The topological polar surface area (TPSA) is 134 Å². The number of rotatable bonds is 7. The third-order valence-corrected chi connectivity index (χ3v) is 3.48. The maximum atomic E-state index is 12.4. The highest BCUT2D eigenvalue weighted by Gasteiger charge is 2.23. The number of amides is 1. The van der Waals surface area contributed by atoms with E-state index in [9.17, 15) is 28.5 Å². The van der Waals surface area contributed by atoms with Gasteiger partial charge in [-0.1, -0.05) is 12.1 Å². The van der Waals surface area contributed by atoms with Crippen LogP contribution in [0.25, 0.3) is 0 Å². The minimum absolute atomic E-state index is 0.0365. The standard InChI is InChI=1S/C17H15F2N3O6/c1-9(15(23)21-13-4-2-3-5-14(13)28-17(18)19)27-16(24)11-7-6-10(22(25)26)8-12(11)20/h2-9,17H,20H2,1H3,(H,21,23)/t9-/m0/s1. The number of hydrogen-bond acceptors (Lipinski definition) is 7. The number of non-ortho nitro benzene ring substituents is 1. The molecule has 148 valence electrons. The lowest BCUT2D eigenvalue weighted by atomic mass is 10.1. The van der Waals surface area contributed by atoms with Crippen LogP contribution in [0, 0.1) is 10.1 Å². The molecular formula is C17H15F2N3O6. The number of para-hydroxylation sites is 2. The van der Waals surface area contributed by atoms with Crippen LogP contribution in [0.1, 0.15) is 17.3 Å². The van der Waals surface area contributed by atoms with Gasteiger partial charge < -0.3 is 20.5 Å². The molecule has 0 unspecified atom stereocenters. The number of nitrogens with one attached hydrogen (secondary N) is 1. The van der Waals surface area contributed by atoms with Crippen molar-refractivity contribution in [3.05, 3.63) is 58.1 Å². The number of nitro benzene ring substituents is 1. The molecule has 0 saturated carbocycles. The summed E-state index contributed by atoms with van der Waals surface area (Å²) in [6, 6.07) is 8.64. The summed E-state index contributed by atoms with van der Waals surface area (Å²) in [6.45, 7) is -1.83. The van der Waals surface area contributed by atoms with Crippen molar-refractivity contribution < 1.29 is 32.8 Å². The van der Waals surface area contributed by atoms with Gasteiger partial charge in [0.05, 0.1) is 21.9 Å². The Morgan fingerprint density at radius 3 is 2.50 bits per heavy atom. The molecule has 0 spiro atoms. The minimum atomic E-state index is -3.08. The van der Waals surface area contributed by atoms with Crippen LogP contribution >= 0.6 is 0 Å². The van der Waals surface area contributed by atoms with E-state index in [0.29, 0.717) is 0 Å². The van der Waals surface area contributed by atoms with Crippen molar-refractivity contribution in [2.45, 2.75) is 19.6 Å². The van der Waals surface area contributed by atoms with Crippen molar-refractivity contribution in [1.29, 1.82) is 0 Å². The Kier molecular flexibility index (Phi) is 6.42. The molecule has 0 saturated heterocycles. The number of carbonyl (C=O) groups is 2. The minimum Gasteiger partial charge on any atom is -0.449 e. The van der Waals surface area contributed by atoms with E-state index >= 15 is 0 Å². The smallest absolute Gasteiger partial charge is 0.387 e. The van der Waals surface area contributed by atoms with Crippen molar-refractivity contribution in [1.82, 2.24) is 0 Å². The van der Waals surface area contributed by atoms with E-state index in [1.54, 1.807) is 0 Å². The maximum absolute atomic E-state index is 12.4. The van der Waals surface area contributed by atoms with Crippen molar-refractivity contribution in [3.63, 3.8) is 0 Å². The molecule has 0 bridgehead atoms. The van der Waals surface area contributed by atoms with Gasteiger partial charge >= 0.3 is 12.6 Å². The number of benzene rings is 2. The van der Waals surface area contributed by atoms with E-state index in [4.69, 9.17) is 10.5 Å². The van der Waals surface area contributed by atoms with Crippen molar-refractivity contribution in [3.8, 4) is 5.75 Å². The maximum Gasteiger partial charge on any atom is 0.387 e. The van der Waals surface area contributed by atoms with E-state index in [1.165, 1.54) is 31.2 Å². The summed E-state index contributed by atoms with van der Waals surface area (Å²) in [5.41, 5.74) is 4.91. The number of ether oxygens (including phenoxy) is 2. The largest absolute Gasteiger partial charge is 0.449 e. The van der Waals surface area contributed by atoms with Gasteiger partial charge in [-0.3, -0.25) is 14.9 Å². The Labute approximate surface area is 157 Å². The van der Waals surface area contributed by atoms with Gasteiger partial charge in [-0.15, -0.1) is 0 Å². The molecule has 3 N–H and O–H groups in total. The lowest BCUT2D eigenvalue weighted by Gasteiger charge is -2.16. The third kappa shape index (κ3) is 5.13. The van der Waals surface area contributed by atoms with Crippen LogP contribution in [0.3, 0.4) is 0 Å². The highest BCUT2D eigenvalue weighted by Crippen LogP contribution is 2.26. The first kappa shape index (κ1) is 20.6. The van der Waals surface area contributed by atoms with Crippen LogP contribution in [0.5, 0.6) is 5.75 Å². The second-order valence-corrected chi connectivity index (χ2v) is 5.44. The zero-order valence-electron chi connectivity index (χ0n) is 14.4. The summed E-state index contributed by atoms with van der Waals surface area (Å²) in [6.07, 6.45) is -1.32. The molecule has 11 heteroatoms. The monoisotopic (exact) mass is 395 g/mol. The predicted octanol–water partition coefficient (Wildman–Crippen LogP) is 2.96. The fourth-order valence-corrected chi connectivity index (χ4v) is 2.13. The van der Waals surface area contributed by atoms with E-state index in [0.717, 1.165) is 18.2 Å². The Bertz CT molecular complexity index is 906. The fraction of sp³-hybridized carbons (Fsp3) is 0.176. The molecule has 0 aliphatic heterocycles. The van der Waals surface area contributed by atoms with Gasteiger partial charge in [0.25, 0.3) is 11.6 Å². The number of nitrogen functional groups attached to an aromatic ring is 1. The zero-order valence-corrected chi connectivity index (χ0v) is 14.4. The van der Waals surface area contributed by atoms with Crippen LogP contribution in [-0.2, 0) is 9.53 Å². The van der Waals surface area contributed by atoms with E-state index in [1.807, 2.05) is 0 Å². The van der Waals surface area contributed by atoms with E-state index < -0.39 is 29.5 Å². The second kappa shape index (κ2) is 8.75. The number of nitrogens with zero attached hydrogens (tertiary/aromatic N) is 1. The van der Waals surface area contributed by atoms with Gasteiger partial charge in [0.15, 0.2) is 6.10 Å². The molecule has 2 aromatic carbocycles. The number of nitro groups is 1. The first-order valence-electron chi connectivity index (χ1n) is 7.78. The molecular weight excluding hydrogens is 380 g/mol. The van der Waals surface area contributed by atoms with Crippen LogP contribution in [0.15, 0.2) is 42.5 Å². The first-order valence-corrected chi connectivity index (χ1v) is 7.78. The summed E-state index contributed by atoms with van der Waals surface area (Å²) in [5, 5.41) is 13.0. The molecule has 2 rings (SSSR count). The van der Waals surface area contributed by atoms with Gasteiger partial charge in [0.1, 0.15) is 5.75 Å². The van der Waals surface area contributed by atoms with E-state index in [2.05, 4.69) is 10.1 Å². The summed E-state index contributed by atoms with van der Waals surface area (Å²) < 4.78 is 34.1. The summed E-state index contributed by atoms with van der Waals surface area (Å²) in [4.78, 5) is 34.4. The van der Waals surface area contributed by atoms with Crippen LogP contribution < -0.4 is 15.8 Å². The number of nitrogens with two attached hydrogens (primary N) is 1. The summed E-state index contributed by atoms with van der Waals surface area (Å²) >= 11 is 0. The third-order valence-electron chi connectivity index (χ3n) is 3.48. The Morgan fingerprint density at radius 1 is 1.21 bits per heavy atom. The van der Waals surface area contributed by atoms with Crippen LogP contribution in [0.4, 0.5) is 25.8 Å². The number of halogens is 2. The molecule has 28 heavy (non-hydrogen) atoms. The molecule has 0 fully saturated rings. The lowest BCUT2D eigenvalue weighted by Crippen LogP contribution is -2.30. The second-order valence-electron chi connectivity index (χ2n) is 5.44. The molecule has 9 nitrogen and oxygen atoms in total. The van der Waals surface area contributed by atoms with Crippen molar-refractivity contribution in [2.24, 2.45) is 0 Å². The average Bonchev–Trinajstić information content (AvgIpc) is 2.62. The van der Waals surface area contributed by atoms with Crippen molar-refractivity contribution in [2.75, 3.05) is 11.1 Å². The van der Waals surface area contributed by atoms with Gasteiger partial charge in [0.2, 0.25) is 0 Å². The molecule has 1 atom stereocenters. The zero-order chi connectivity index (χ0) is 20.8. The summed E-state index contributed by atoms with van der Waals surface area (Å²) in [5.74, 6) is -2.05. The van der Waals surface area contributed by atoms with Crippen LogP contribution in [-0.4, -0.2) is 29.5 Å². The number of hydrogen-bond donors (Lipinski definition) is 2. The highest BCUT2D eigenvalue weighted by atomic mass is 19.3. The first-order chi connectivity index (χ1) is 13.2. The molecule has 0 aliphatic rings. The molecule has 0 aliphatic carbocycles. The number of anilines is 2. The van der Waals surface area contributed by atoms with E-state index in [-0.39, 0.29) is 28.4 Å². The molecule has 0 aromatic heterocycles. The molecule has 0 heterocycles. The average molecular weight is 395 g/mol. The van der Waals surface area contributed by atoms with Crippen molar-refractivity contribution >= 4 is 28.9 Å². The van der Waals surface area contributed by atoms with Gasteiger partial charge in [-0.25, -0.2) is 4.79 Å². The Balaban J connectivity index is 2.07. The Hall–Kier alpha value is -3.76. The highest BCUT2D eigenvalue weighted by molar-refractivity contribution is 6.00. The molecule has 1 amide bonds. The van der Waals surface area contributed by atoms with Crippen LogP contribution in [0.2, 0.25) is 0 Å². The number of carbonyl (C=O) groups excluding carboxylic acids is 2. The quantitative estimate of drug-likeness (QED) is 0.319. The van der Waals surface area contributed by atoms with Gasteiger partial charge in [-0.2, -0.15) is 8.78 Å². The number of alkyl halides is 2. The fourth-order valence-electron chi connectivity index (χ4n) is 2.13. The van der Waals surface area contributed by atoms with Gasteiger partial charge in [-0.05, 0) is 25.1 Å². The molecule has 2 aromatic rings. The SMILES string of the molecule is C[C@H](OC(=O)c1ccc([N+](=O)[O-])cc1N)C(=O)Nc1ccccc1OC(F)F. The normalized spacial score (nSPS) is 11.6. The predicted molar refractivity (Wildman–Crippen MR) is 94.1 cm³/mol.